The van der Waals surface area contributed by atoms with E-state index < -0.39 is 0 Å². The standard InChI is InChI=1S/C9H14BrNO/c1-6(10)9(12)11-7-2-3-8(11)5-4-7/h6-8H,2-5H2,1H3/t6-,7?,8?/m1/s1. The molecule has 2 nitrogen and oxygen atoms in total. The summed E-state index contributed by atoms with van der Waals surface area (Å²) in [4.78, 5) is 13.8. The van der Waals surface area contributed by atoms with E-state index >= 15 is 0 Å². The first-order chi connectivity index (χ1) is 5.70. The Labute approximate surface area is 81.4 Å². The maximum absolute atomic E-state index is 11.7. The molecule has 0 saturated carbocycles. The van der Waals surface area contributed by atoms with Crippen LogP contribution < -0.4 is 0 Å². The Hall–Kier alpha value is -0.0500. The summed E-state index contributed by atoms with van der Waals surface area (Å²) in [5, 5.41) is 0. The predicted octanol–water partition coefficient (Wildman–Crippen LogP) is 1.92. The summed E-state index contributed by atoms with van der Waals surface area (Å²) < 4.78 is 0. The number of rotatable bonds is 1. The third-order valence-electron chi connectivity index (χ3n) is 3.05. The van der Waals surface area contributed by atoms with Crippen LogP contribution in [0.25, 0.3) is 0 Å². The lowest BCUT2D eigenvalue weighted by Crippen LogP contribution is -2.38. The highest BCUT2D eigenvalue weighted by atomic mass is 79.9. The first-order valence-electron chi connectivity index (χ1n) is 4.66. The first kappa shape index (κ1) is 8.54. The lowest BCUT2D eigenvalue weighted by molar-refractivity contribution is -0.131. The molecule has 0 unspecified atom stereocenters. The van der Waals surface area contributed by atoms with Crippen molar-refractivity contribution in [3.8, 4) is 0 Å². The molecule has 3 heteroatoms. The van der Waals surface area contributed by atoms with Crippen molar-refractivity contribution >= 4 is 21.8 Å². The fraction of sp³-hybridized carbons (Fsp3) is 0.889. The largest absolute Gasteiger partial charge is 0.336 e. The zero-order valence-corrected chi connectivity index (χ0v) is 8.88. The molecule has 0 radical (unpaired) electrons. The van der Waals surface area contributed by atoms with Gasteiger partial charge in [0.1, 0.15) is 0 Å². The van der Waals surface area contributed by atoms with Crippen LogP contribution in [-0.2, 0) is 4.79 Å². The van der Waals surface area contributed by atoms with Crippen molar-refractivity contribution in [2.75, 3.05) is 0 Å². The van der Waals surface area contributed by atoms with Crippen molar-refractivity contribution in [2.45, 2.75) is 49.5 Å². The van der Waals surface area contributed by atoms with E-state index in [1.54, 1.807) is 0 Å². The van der Waals surface area contributed by atoms with Gasteiger partial charge in [-0.1, -0.05) is 15.9 Å². The topological polar surface area (TPSA) is 20.3 Å². The molecule has 2 aliphatic rings. The van der Waals surface area contributed by atoms with Crippen LogP contribution in [0.3, 0.4) is 0 Å². The van der Waals surface area contributed by atoms with Crippen molar-refractivity contribution in [1.82, 2.24) is 4.90 Å². The Morgan fingerprint density at radius 2 is 1.75 bits per heavy atom. The second kappa shape index (κ2) is 3.02. The highest BCUT2D eigenvalue weighted by Crippen LogP contribution is 2.38. The molecular formula is C9H14BrNO. The molecule has 12 heavy (non-hydrogen) atoms. The number of carbonyl (C=O) groups excluding carboxylic acids is 1. The number of carbonyl (C=O) groups is 1. The van der Waals surface area contributed by atoms with Crippen LogP contribution in [0, 0.1) is 0 Å². The van der Waals surface area contributed by atoms with Gasteiger partial charge in [-0.3, -0.25) is 4.79 Å². The van der Waals surface area contributed by atoms with Gasteiger partial charge in [0.25, 0.3) is 0 Å². The Balaban J connectivity index is 2.09. The molecule has 2 saturated heterocycles. The highest BCUT2D eigenvalue weighted by Gasteiger charge is 2.42. The Morgan fingerprint density at radius 1 is 1.33 bits per heavy atom. The van der Waals surface area contributed by atoms with E-state index in [0.29, 0.717) is 18.0 Å². The van der Waals surface area contributed by atoms with E-state index in [0.717, 1.165) is 0 Å². The summed E-state index contributed by atoms with van der Waals surface area (Å²) in [5.41, 5.74) is 0. The van der Waals surface area contributed by atoms with Crippen molar-refractivity contribution < 1.29 is 4.79 Å². The van der Waals surface area contributed by atoms with E-state index in [1.807, 2.05) is 6.92 Å². The fourth-order valence-electron chi connectivity index (χ4n) is 2.48. The average molecular weight is 232 g/mol. The van der Waals surface area contributed by atoms with Crippen LogP contribution in [-0.4, -0.2) is 27.7 Å². The molecule has 68 valence electrons. The quantitative estimate of drug-likeness (QED) is 0.632. The smallest absolute Gasteiger partial charge is 0.236 e. The van der Waals surface area contributed by atoms with Gasteiger partial charge in [0.2, 0.25) is 5.91 Å². The number of alkyl halides is 1. The third-order valence-corrected chi connectivity index (χ3v) is 3.44. The maximum Gasteiger partial charge on any atom is 0.236 e. The van der Waals surface area contributed by atoms with Gasteiger partial charge in [-0.05, 0) is 32.6 Å². The number of hydrogen-bond acceptors (Lipinski definition) is 1. The molecule has 0 aromatic rings. The fourth-order valence-corrected chi connectivity index (χ4v) is 2.71. The van der Waals surface area contributed by atoms with E-state index in [1.165, 1.54) is 25.7 Å². The predicted molar refractivity (Wildman–Crippen MR) is 51.3 cm³/mol. The number of amides is 1. The number of halogens is 1. The van der Waals surface area contributed by atoms with Gasteiger partial charge < -0.3 is 4.90 Å². The van der Waals surface area contributed by atoms with Crippen LogP contribution in [0.1, 0.15) is 32.6 Å². The van der Waals surface area contributed by atoms with Crippen LogP contribution in [0.15, 0.2) is 0 Å². The van der Waals surface area contributed by atoms with Crippen LogP contribution >= 0.6 is 15.9 Å². The second-order valence-electron chi connectivity index (χ2n) is 3.82. The molecular weight excluding hydrogens is 218 g/mol. The zero-order chi connectivity index (χ0) is 8.72. The lowest BCUT2D eigenvalue weighted by Gasteiger charge is -2.23. The van der Waals surface area contributed by atoms with Gasteiger partial charge in [-0.15, -0.1) is 0 Å². The molecule has 0 N–H and O–H groups in total. The van der Waals surface area contributed by atoms with Crippen molar-refractivity contribution in [3.05, 3.63) is 0 Å². The second-order valence-corrected chi connectivity index (χ2v) is 5.20. The van der Waals surface area contributed by atoms with Crippen LogP contribution in [0.2, 0.25) is 0 Å². The van der Waals surface area contributed by atoms with Gasteiger partial charge in [-0.25, -0.2) is 0 Å². The molecule has 2 heterocycles. The number of fused-ring (bicyclic) bond motifs is 2. The minimum absolute atomic E-state index is 0.00120. The molecule has 2 rings (SSSR count). The summed E-state index contributed by atoms with van der Waals surface area (Å²) in [6, 6.07) is 1.14. The molecule has 0 aromatic carbocycles. The minimum atomic E-state index is -0.00120. The Bertz CT molecular complexity index is 185. The van der Waals surface area contributed by atoms with Crippen molar-refractivity contribution in [2.24, 2.45) is 0 Å². The van der Waals surface area contributed by atoms with E-state index in [-0.39, 0.29) is 4.83 Å². The zero-order valence-electron chi connectivity index (χ0n) is 7.29. The third kappa shape index (κ3) is 1.18. The van der Waals surface area contributed by atoms with Gasteiger partial charge in [-0.2, -0.15) is 0 Å². The van der Waals surface area contributed by atoms with E-state index in [2.05, 4.69) is 20.8 Å². The lowest BCUT2D eigenvalue weighted by atomic mass is 10.0. The molecule has 0 spiro atoms. The normalized spacial score (nSPS) is 35.7. The molecule has 2 aliphatic heterocycles. The molecule has 2 fully saturated rings. The Kier molecular flexibility index (Phi) is 2.15. The van der Waals surface area contributed by atoms with E-state index in [4.69, 9.17) is 0 Å². The van der Waals surface area contributed by atoms with Gasteiger partial charge in [0, 0.05) is 12.1 Å². The summed E-state index contributed by atoms with van der Waals surface area (Å²) >= 11 is 3.34. The molecule has 0 aromatic heterocycles. The van der Waals surface area contributed by atoms with Crippen LogP contribution in [0.5, 0.6) is 0 Å². The van der Waals surface area contributed by atoms with Gasteiger partial charge in [0.05, 0.1) is 4.83 Å². The van der Waals surface area contributed by atoms with Gasteiger partial charge in [0.15, 0.2) is 0 Å². The highest BCUT2D eigenvalue weighted by molar-refractivity contribution is 9.10. The number of nitrogens with zero attached hydrogens (tertiary/aromatic N) is 1. The maximum atomic E-state index is 11.7. The van der Waals surface area contributed by atoms with Gasteiger partial charge >= 0.3 is 0 Å². The minimum Gasteiger partial charge on any atom is -0.336 e. The van der Waals surface area contributed by atoms with Crippen molar-refractivity contribution in [3.63, 3.8) is 0 Å². The van der Waals surface area contributed by atoms with E-state index in [9.17, 15) is 4.79 Å². The summed E-state index contributed by atoms with van der Waals surface area (Å²) in [7, 11) is 0. The van der Waals surface area contributed by atoms with Crippen molar-refractivity contribution in [1.29, 1.82) is 0 Å². The first-order valence-corrected chi connectivity index (χ1v) is 5.58. The molecule has 2 bridgehead atoms. The summed E-state index contributed by atoms with van der Waals surface area (Å²) in [5.74, 6) is 0.292. The number of hydrogen-bond donors (Lipinski definition) is 0. The monoisotopic (exact) mass is 231 g/mol. The molecule has 0 aliphatic carbocycles. The summed E-state index contributed by atoms with van der Waals surface area (Å²) in [6.07, 6.45) is 4.93. The SMILES string of the molecule is C[C@@H](Br)C(=O)N1C2CCC1CC2. The Morgan fingerprint density at radius 3 is 2.08 bits per heavy atom. The van der Waals surface area contributed by atoms with Crippen LogP contribution in [0.4, 0.5) is 0 Å². The molecule has 1 atom stereocenters. The molecule has 1 amide bonds. The summed E-state index contributed by atoms with van der Waals surface area (Å²) in [6.45, 7) is 1.92. The average Bonchev–Trinajstić information content (AvgIpc) is 2.61.